The highest BCUT2D eigenvalue weighted by atomic mass is 16.3. The van der Waals surface area contributed by atoms with Crippen LogP contribution in [-0.4, -0.2) is 28.6 Å². The summed E-state index contributed by atoms with van der Waals surface area (Å²) >= 11 is 0. The van der Waals surface area contributed by atoms with Crippen molar-refractivity contribution in [2.45, 2.75) is 56.6 Å². The largest absolute Gasteiger partial charge is 0.389 e. The van der Waals surface area contributed by atoms with Crippen LogP contribution in [0.5, 0.6) is 0 Å². The van der Waals surface area contributed by atoms with E-state index in [1.807, 2.05) is 0 Å². The summed E-state index contributed by atoms with van der Waals surface area (Å²) in [4.78, 5) is 11.8. The number of aliphatic hydroxyl groups is 1. The molecule has 1 aliphatic heterocycles. The number of hydrogen-bond donors (Lipinski definition) is 2. The Kier molecular flexibility index (Phi) is 2.21. The SMILES string of the molecule is C[C@@H]1C[C@@]2(O)CC(=O)C[C@]3(C1)NCCC[C@H]23. The van der Waals surface area contributed by atoms with Crippen molar-refractivity contribution in [2.75, 3.05) is 6.54 Å². The number of nitrogens with one attached hydrogen (secondary N) is 1. The fraction of sp³-hybridized carbons (Fsp3) is 0.923. The molecule has 0 aromatic carbocycles. The van der Waals surface area contributed by atoms with Crippen LogP contribution in [0.15, 0.2) is 0 Å². The van der Waals surface area contributed by atoms with E-state index in [9.17, 15) is 9.90 Å². The normalized spacial score (nSPS) is 52.2. The molecule has 0 aromatic rings. The topological polar surface area (TPSA) is 49.3 Å². The summed E-state index contributed by atoms with van der Waals surface area (Å²) in [6.45, 7) is 3.21. The predicted octanol–water partition coefficient (Wildman–Crippen LogP) is 1.25. The number of carbonyl (C=O) groups excluding carboxylic acids is 1. The van der Waals surface area contributed by atoms with Gasteiger partial charge in [0.1, 0.15) is 5.78 Å². The zero-order chi connectivity index (χ0) is 11.4. The van der Waals surface area contributed by atoms with Crippen molar-refractivity contribution in [3.63, 3.8) is 0 Å². The van der Waals surface area contributed by atoms with E-state index < -0.39 is 5.60 Å². The van der Waals surface area contributed by atoms with Crippen molar-refractivity contribution < 1.29 is 9.90 Å². The Morgan fingerprint density at radius 1 is 1.38 bits per heavy atom. The maximum Gasteiger partial charge on any atom is 0.137 e. The molecule has 3 fully saturated rings. The molecule has 3 rings (SSSR count). The van der Waals surface area contributed by atoms with Crippen LogP contribution in [0.25, 0.3) is 0 Å². The van der Waals surface area contributed by atoms with Crippen LogP contribution in [-0.2, 0) is 4.79 Å². The lowest BCUT2D eigenvalue weighted by molar-refractivity contribution is -0.165. The van der Waals surface area contributed by atoms with Gasteiger partial charge in [0.05, 0.1) is 5.60 Å². The van der Waals surface area contributed by atoms with Crippen LogP contribution >= 0.6 is 0 Å². The van der Waals surface area contributed by atoms with E-state index in [1.54, 1.807) is 0 Å². The van der Waals surface area contributed by atoms with Gasteiger partial charge in [0.2, 0.25) is 0 Å². The Morgan fingerprint density at radius 3 is 3.00 bits per heavy atom. The van der Waals surface area contributed by atoms with Crippen molar-refractivity contribution in [3.05, 3.63) is 0 Å². The molecule has 0 radical (unpaired) electrons. The second-order valence-electron chi connectivity index (χ2n) is 6.29. The van der Waals surface area contributed by atoms with Gasteiger partial charge in [-0.3, -0.25) is 4.79 Å². The first-order valence-electron chi connectivity index (χ1n) is 6.53. The lowest BCUT2D eigenvalue weighted by atomic mass is 9.52. The van der Waals surface area contributed by atoms with Crippen molar-refractivity contribution in [1.82, 2.24) is 5.32 Å². The summed E-state index contributed by atoms with van der Waals surface area (Å²) in [6, 6.07) is 0. The molecule has 4 atom stereocenters. The third kappa shape index (κ3) is 1.37. The fourth-order valence-corrected chi connectivity index (χ4v) is 4.69. The van der Waals surface area contributed by atoms with Gasteiger partial charge in [-0.1, -0.05) is 6.92 Å². The van der Waals surface area contributed by atoms with E-state index in [2.05, 4.69) is 12.2 Å². The van der Waals surface area contributed by atoms with Gasteiger partial charge in [-0.2, -0.15) is 0 Å². The molecule has 0 unspecified atom stereocenters. The van der Waals surface area contributed by atoms with E-state index in [4.69, 9.17) is 0 Å². The summed E-state index contributed by atoms with van der Waals surface area (Å²) in [7, 11) is 0. The molecule has 2 aliphatic carbocycles. The number of carbonyl (C=O) groups is 1. The van der Waals surface area contributed by atoms with Crippen LogP contribution in [0.3, 0.4) is 0 Å². The van der Waals surface area contributed by atoms with Gasteiger partial charge < -0.3 is 10.4 Å². The summed E-state index contributed by atoms with van der Waals surface area (Å²) < 4.78 is 0. The minimum atomic E-state index is -0.708. The van der Waals surface area contributed by atoms with Crippen LogP contribution in [0.4, 0.5) is 0 Å². The van der Waals surface area contributed by atoms with Crippen molar-refractivity contribution in [3.8, 4) is 0 Å². The highest BCUT2D eigenvalue weighted by molar-refractivity contribution is 5.82. The molecule has 3 aliphatic rings. The molecule has 3 nitrogen and oxygen atoms in total. The predicted molar refractivity (Wildman–Crippen MR) is 61.0 cm³/mol. The highest BCUT2D eigenvalue weighted by Gasteiger charge is 2.59. The standard InChI is InChI=1S/C13H21NO2/c1-9-5-12-7-10(15)8-13(16,6-9)11(12)3-2-4-14-12/h9,11,14,16H,2-8H2,1H3/t9-,11-,12-,13+/m0/s1. The molecular formula is C13H21NO2. The zero-order valence-electron chi connectivity index (χ0n) is 9.96. The van der Waals surface area contributed by atoms with Gasteiger partial charge in [-0.15, -0.1) is 0 Å². The maximum atomic E-state index is 11.8. The monoisotopic (exact) mass is 223 g/mol. The second-order valence-corrected chi connectivity index (χ2v) is 6.29. The quantitative estimate of drug-likeness (QED) is 0.650. The molecule has 2 bridgehead atoms. The van der Waals surface area contributed by atoms with Gasteiger partial charge in [0.25, 0.3) is 0 Å². The van der Waals surface area contributed by atoms with Crippen LogP contribution in [0.1, 0.15) is 45.4 Å². The van der Waals surface area contributed by atoms with Gasteiger partial charge in [0.15, 0.2) is 0 Å². The third-order valence-corrected chi connectivity index (χ3v) is 4.89. The molecule has 0 spiro atoms. The first kappa shape index (κ1) is 10.7. The van der Waals surface area contributed by atoms with Crippen LogP contribution in [0.2, 0.25) is 0 Å². The summed E-state index contributed by atoms with van der Waals surface area (Å²) in [5.41, 5.74) is -0.777. The smallest absolute Gasteiger partial charge is 0.137 e. The minimum Gasteiger partial charge on any atom is -0.389 e. The molecule has 2 saturated carbocycles. The summed E-state index contributed by atoms with van der Waals surface area (Å²) in [5, 5.41) is 14.3. The molecule has 1 saturated heterocycles. The second kappa shape index (κ2) is 3.30. The Hall–Kier alpha value is -0.410. The molecule has 3 heteroatoms. The highest BCUT2D eigenvalue weighted by Crippen LogP contribution is 2.53. The van der Waals surface area contributed by atoms with E-state index in [1.165, 1.54) is 0 Å². The molecular weight excluding hydrogens is 202 g/mol. The van der Waals surface area contributed by atoms with E-state index >= 15 is 0 Å². The lowest BCUT2D eigenvalue weighted by Gasteiger charge is -2.59. The third-order valence-electron chi connectivity index (χ3n) is 4.89. The Morgan fingerprint density at radius 2 is 2.19 bits per heavy atom. The number of rotatable bonds is 0. The molecule has 0 aromatic heterocycles. The van der Waals surface area contributed by atoms with Gasteiger partial charge in [-0.05, 0) is 38.1 Å². The van der Waals surface area contributed by atoms with E-state index in [0.717, 1.165) is 32.2 Å². The molecule has 16 heavy (non-hydrogen) atoms. The van der Waals surface area contributed by atoms with Gasteiger partial charge in [-0.25, -0.2) is 0 Å². The van der Waals surface area contributed by atoms with E-state index in [-0.39, 0.29) is 11.3 Å². The van der Waals surface area contributed by atoms with Gasteiger partial charge >= 0.3 is 0 Å². The Bertz CT molecular complexity index is 330. The lowest BCUT2D eigenvalue weighted by Crippen LogP contribution is -2.69. The Labute approximate surface area is 96.6 Å². The van der Waals surface area contributed by atoms with Crippen molar-refractivity contribution in [1.29, 1.82) is 0 Å². The minimum absolute atomic E-state index is 0.0694. The molecule has 1 heterocycles. The number of ketones is 1. The molecule has 90 valence electrons. The average molecular weight is 223 g/mol. The zero-order valence-corrected chi connectivity index (χ0v) is 9.96. The van der Waals surface area contributed by atoms with Gasteiger partial charge in [0, 0.05) is 24.3 Å². The van der Waals surface area contributed by atoms with Crippen molar-refractivity contribution in [2.24, 2.45) is 11.8 Å². The van der Waals surface area contributed by atoms with E-state index in [0.29, 0.717) is 24.7 Å². The first-order valence-corrected chi connectivity index (χ1v) is 6.53. The number of Topliss-reactive ketones (excluding diaryl/α,β-unsaturated/α-hetero) is 1. The fourth-order valence-electron chi connectivity index (χ4n) is 4.69. The van der Waals surface area contributed by atoms with Crippen molar-refractivity contribution >= 4 is 5.78 Å². The number of piperidine rings is 1. The molecule has 0 amide bonds. The average Bonchev–Trinajstić information content (AvgIpc) is 2.13. The molecule has 2 N–H and O–H groups in total. The van der Waals surface area contributed by atoms with Crippen LogP contribution < -0.4 is 5.32 Å². The maximum absolute atomic E-state index is 11.8. The first-order chi connectivity index (χ1) is 7.54. The summed E-state index contributed by atoms with van der Waals surface area (Å²) in [5.74, 6) is 1.09. The number of hydrogen-bond acceptors (Lipinski definition) is 3. The Balaban J connectivity index is 2.02. The summed E-state index contributed by atoms with van der Waals surface area (Å²) in [6.07, 6.45) is 5.13. The van der Waals surface area contributed by atoms with Crippen LogP contribution in [0, 0.1) is 11.8 Å².